The predicted molar refractivity (Wildman–Crippen MR) is 116 cm³/mol. The SMILES string of the molecule is Cc1occc1C(=O)NC(CC(C)C(C)C)C(=O)NC1C(=O)COC1CN1CCCC1. The van der Waals surface area contributed by atoms with Crippen molar-refractivity contribution >= 4 is 17.6 Å². The van der Waals surface area contributed by atoms with Crippen LogP contribution < -0.4 is 10.6 Å². The first-order valence-electron chi connectivity index (χ1n) is 11.3. The minimum atomic E-state index is -0.750. The Hall–Kier alpha value is -2.19. The van der Waals surface area contributed by atoms with Gasteiger partial charge in [-0.25, -0.2) is 0 Å². The van der Waals surface area contributed by atoms with Crippen molar-refractivity contribution in [3.63, 3.8) is 0 Å². The molecule has 31 heavy (non-hydrogen) atoms. The minimum Gasteiger partial charge on any atom is -0.469 e. The number of ether oxygens (including phenoxy) is 1. The van der Waals surface area contributed by atoms with Gasteiger partial charge in [0.15, 0.2) is 5.78 Å². The fourth-order valence-electron chi connectivity index (χ4n) is 4.12. The van der Waals surface area contributed by atoms with E-state index in [2.05, 4.69) is 36.3 Å². The number of amides is 2. The second-order valence-electron chi connectivity index (χ2n) is 9.18. The highest BCUT2D eigenvalue weighted by Gasteiger charge is 2.39. The number of nitrogens with one attached hydrogen (secondary N) is 2. The third-order valence-corrected chi connectivity index (χ3v) is 6.56. The van der Waals surface area contributed by atoms with Crippen molar-refractivity contribution in [2.75, 3.05) is 26.2 Å². The normalized spacial score (nSPS) is 23.8. The highest BCUT2D eigenvalue weighted by Crippen LogP contribution is 2.19. The van der Waals surface area contributed by atoms with E-state index < -0.39 is 12.1 Å². The van der Waals surface area contributed by atoms with E-state index in [4.69, 9.17) is 9.15 Å². The highest BCUT2D eigenvalue weighted by molar-refractivity contribution is 5.99. The Labute approximate surface area is 184 Å². The molecular formula is C23H35N3O5. The number of rotatable bonds is 9. The maximum Gasteiger partial charge on any atom is 0.255 e. The Kier molecular flexibility index (Phi) is 7.89. The predicted octanol–water partition coefficient (Wildman–Crippen LogP) is 1.92. The van der Waals surface area contributed by atoms with E-state index in [9.17, 15) is 14.4 Å². The summed E-state index contributed by atoms with van der Waals surface area (Å²) in [6, 6.07) is 0.156. The van der Waals surface area contributed by atoms with Gasteiger partial charge in [0.05, 0.1) is 17.9 Å². The monoisotopic (exact) mass is 433 g/mol. The van der Waals surface area contributed by atoms with E-state index in [0.717, 1.165) is 25.9 Å². The number of furan rings is 1. The number of Topliss-reactive ketones (excluding diaryl/α,β-unsaturated/α-hetero) is 1. The molecule has 2 aliphatic rings. The standard InChI is InChI=1S/C23H35N3O5/c1-14(2)15(3)11-18(24-22(28)17-7-10-30-16(17)4)23(29)25-21-19(27)13-31-20(21)12-26-8-5-6-9-26/h7,10,14-15,18,20-21H,5-6,8-9,11-13H2,1-4H3,(H,24,28)(H,25,29). The second kappa shape index (κ2) is 10.4. The van der Waals surface area contributed by atoms with E-state index in [1.165, 1.54) is 6.26 Å². The maximum atomic E-state index is 13.2. The van der Waals surface area contributed by atoms with Gasteiger partial charge in [-0.15, -0.1) is 0 Å². The molecule has 8 nitrogen and oxygen atoms in total. The number of hydrogen-bond acceptors (Lipinski definition) is 6. The smallest absolute Gasteiger partial charge is 0.255 e. The fourth-order valence-corrected chi connectivity index (χ4v) is 4.12. The molecule has 2 N–H and O–H groups in total. The fraction of sp³-hybridized carbons (Fsp3) is 0.696. The molecule has 2 fully saturated rings. The Balaban J connectivity index is 1.69. The van der Waals surface area contributed by atoms with Gasteiger partial charge in [0.1, 0.15) is 24.5 Å². The van der Waals surface area contributed by atoms with Gasteiger partial charge in [0.2, 0.25) is 5.91 Å². The first-order valence-corrected chi connectivity index (χ1v) is 11.3. The van der Waals surface area contributed by atoms with Gasteiger partial charge in [0, 0.05) is 6.54 Å². The van der Waals surface area contributed by atoms with Gasteiger partial charge in [-0.1, -0.05) is 20.8 Å². The maximum absolute atomic E-state index is 13.2. The molecule has 0 bridgehead atoms. The molecule has 1 aromatic rings. The Morgan fingerprint density at radius 1 is 1.23 bits per heavy atom. The minimum absolute atomic E-state index is 0.0110. The zero-order chi connectivity index (χ0) is 22.5. The largest absolute Gasteiger partial charge is 0.469 e. The average molecular weight is 434 g/mol. The number of carbonyl (C=O) groups is 3. The van der Waals surface area contributed by atoms with Crippen molar-refractivity contribution in [1.29, 1.82) is 0 Å². The summed E-state index contributed by atoms with van der Waals surface area (Å²) < 4.78 is 10.9. The Morgan fingerprint density at radius 3 is 2.55 bits per heavy atom. The van der Waals surface area contributed by atoms with Crippen molar-refractivity contribution in [2.24, 2.45) is 11.8 Å². The van der Waals surface area contributed by atoms with Crippen LogP contribution >= 0.6 is 0 Å². The first-order chi connectivity index (χ1) is 14.8. The summed E-state index contributed by atoms with van der Waals surface area (Å²) in [5.41, 5.74) is 0.405. The van der Waals surface area contributed by atoms with Crippen molar-refractivity contribution in [3.05, 3.63) is 23.7 Å². The van der Waals surface area contributed by atoms with E-state index in [-0.39, 0.29) is 36.2 Å². The lowest BCUT2D eigenvalue weighted by Crippen LogP contribution is -2.55. The van der Waals surface area contributed by atoms with E-state index >= 15 is 0 Å². The van der Waals surface area contributed by atoms with Crippen molar-refractivity contribution in [2.45, 2.75) is 65.1 Å². The lowest BCUT2D eigenvalue weighted by molar-refractivity contribution is -0.128. The molecule has 0 aromatic carbocycles. The van der Waals surface area contributed by atoms with Crippen molar-refractivity contribution in [1.82, 2.24) is 15.5 Å². The molecule has 172 valence electrons. The molecule has 0 radical (unpaired) electrons. The van der Waals surface area contributed by atoms with Crippen LogP contribution in [0.4, 0.5) is 0 Å². The molecular weight excluding hydrogens is 398 g/mol. The third kappa shape index (κ3) is 5.95. The average Bonchev–Trinajstić information content (AvgIpc) is 3.46. The van der Waals surface area contributed by atoms with Crippen LogP contribution in [0.25, 0.3) is 0 Å². The van der Waals surface area contributed by atoms with Crippen LogP contribution in [0.2, 0.25) is 0 Å². The van der Waals surface area contributed by atoms with Crippen LogP contribution in [0.15, 0.2) is 16.7 Å². The van der Waals surface area contributed by atoms with Gasteiger partial charge >= 0.3 is 0 Å². The molecule has 4 atom stereocenters. The zero-order valence-corrected chi connectivity index (χ0v) is 19.0. The van der Waals surface area contributed by atoms with Gasteiger partial charge < -0.3 is 24.7 Å². The van der Waals surface area contributed by atoms with Crippen molar-refractivity contribution in [3.8, 4) is 0 Å². The number of likely N-dealkylation sites (tertiary alicyclic amines) is 1. The Bertz CT molecular complexity index is 784. The van der Waals surface area contributed by atoms with Gasteiger partial charge in [-0.05, 0) is 57.2 Å². The molecule has 0 saturated carbocycles. The van der Waals surface area contributed by atoms with Gasteiger partial charge in [-0.3, -0.25) is 14.4 Å². The number of hydrogen-bond donors (Lipinski definition) is 2. The molecule has 0 spiro atoms. The summed E-state index contributed by atoms with van der Waals surface area (Å²) in [7, 11) is 0. The van der Waals surface area contributed by atoms with E-state index in [1.54, 1.807) is 13.0 Å². The van der Waals surface area contributed by atoms with Gasteiger partial charge in [-0.2, -0.15) is 0 Å². The van der Waals surface area contributed by atoms with Crippen LogP contribution in [-0.4, -0.2) is 66.9 Å². The van der Waals surface area contributed by atoms with Crippen LogP contribution in [-0.2, 0) is 14.3 Å². The molecule has 0 aliphatic carbocycles. The van der Waals surface area contributed by atoms with E-state index in [0.29, 0.717) is 30.2 Å². The van der Waals surface area contributed by atoms with Crippen molar-refractivity contribution < 1.29 is 23.5 Å². The van der Waals surface area contributed by atoms with Crippen LogP contribution in [0, 0.1) is 18.8 Å². The lowest BCUT2D eigenvalue weighted by atomic mass is 9.90. The highest BCUT2D eigenvalue weighted by atomic mass is 16.5. The summed E-state index contributed by atoms with van der Waals surface area (Å²) >= 11 is 0. The molecule has 8 heteroatoms. The van der Waals surface area contributed by atoms with Crippen LogP contribution in [0.3, 0.4) is 0 Å². The van der Waals surface area contributed by atoms with Crippen LogP contribution in [0.1, 0.15) is 56.2 Å². The number of aryl methyl sites for hydroxylation is 1. The summed E-state index contributed by atoms with van der Waals surface area (Å²) in [6.45, 7) is 10.6. The quantitative estimate of drug-likeness (QED) is 0.617. The third-order valence-electron chi connectivity index (χ3n) is 6.56. The zero-order valence-electron chi connectivity index (χ0n) is 19.0. The van der Waals surface area contributed by atoms with Crippen LogP contribution in [0.5, 0.6) is 0 Å². The summed E-state index contributed by atoms with van der Waals surface area (Å²) in [6.07, 6.45) is 3.86. The van der Waals surface area contributed by atoms with E-state index in [1.807, 2.05) is 0 Å². The molecule has 3 rings (SSSR count). The molecule has 4 unspecified atom stereocenters. The second-order valence-corrected chi connectivity index (χ2v) is 9.18. The summed E-state index contributed by atoms with van der Waals surface area (Å²) in [5, 5.41) is 5.73. The Morgan fingerprint density at radius 2 is 1.94 bits per heavy atom. The summed E-state index contributed by atoms with van der Waals surface area (Å²) in [4.78, 5) is 40.7. The molecule has 3 heterocycles. The molecule has 2 saturated heterocycles. The molecule has 1 aromatic heterocycles. The lowest BCUT2D eigenvalue weighted by Gasteiger charge is -2.27. The topological polar surface area (TPSA) is 101 Å². The number of nitrogens with zero attached hydrogens (tertiary/aromatic N) is 1. The summed E-state index contributed by atoms with van der Waals surface area (Å²) in [5.74, 6) is 0.228. The first kappa shape index (κ1) is 23.5. The van der Waals surface area contributed by atoms with Gasteiger partial charge in [0.25, 0.3) is 5.91 Å². The number of ketones is 1. The molecule has 2 amide bonds. The molecule has 2 aliphatic heterocycles. The number of carbonyl (C=O) groups excluding carboxylic acids is 3.